The van der Waals surface area contributed by atoms with Gasteiger partial charge in [-0.15, -0.1) is 0 Å². The van der Waals surface area contributed by atoms with Crippen LogP contribution in [0.5, 0.6) is 0 Å². The average molecular weight is 306 g/mol. The molecule has 0 spiro atoms. The standard InChI is InChI=1S/C17H26N2O3/c1-3-15(13-22-2)18-16(20)19-11-9-17(21,10-12-19)14-7-5-4-6-8-14/h4-8,15,21H,3,9-13H2,1-2H3,(H,18,20). The van der Waals surface area contributed by atoms with Crippen molar-refractivity contribution in [2.45, 2.75) is 37.8 Å². The van der Waals surface area contributed by atoms with Crippen LogP contribution >= 0.6 is 0 Å². The van der Waals surface area contributed by atoms with Gasteiger partial charge < -0.3 is 20.1 Å². The number of urea groups is 1. The van der Waals surface area contributed by atoms with E-state index < -0.39 is 5.60 Å². The molecule has 0 aromatic heterocycles. The zero-order valence-corrected chi connectivity index (χ0v) is 13.4. The van der Waals surface area contributed by atoms with Crippen LogP contribution in [0.4, 0.5) is 4.79 Å². The Morgan fingerprint density at radius 2 is 2.00 bits per heavy atom. The number of amides is 2. The van der Waals surface area contributed by atoms with Crippen LogP contribution in [-0.4, -0.2) is 48.9 Å². The highest BCUT2D eigenvalue weighted by Crippen LogP contribution is 2.32. The Morgan fingerprint density at radius 3 is 2.55 bits per heavy atom. The van der Waals surface area contributed by atoms with Gasteiger partial charge in [0, 0.05) is 20.2 Å². The fourth-order valence-electron chi connectivity index (χ4n) is 2.85. The van der Waals surface area contributed by atoms with E-state index in [9.17, 15) is 9.90 Å². The van der Waals surface area contributed by atoms with Gasteiger partial charge in [0.05, 0.1) is 18.2 Å². The Kier molecular flexibility index (Phi) is 5.80. The van der Waals surface area contributed by atoms with E-state index in [0.29, 0.717) is 32.5 Å². The molecular formula is C17H26N2O3. The topological polar surface area (TPSA) is 61.8 Å². The molecule has 2 rings (SSSR count). The lowest BCUT2D eigenvalue weighted by Gasteiger charge is -2.39. The number of likely N-dealkylation sites (tertiary alicyclic amines) is 1. The second-order valence-electron chi connectivity index (χ2n) is 5.89. The first-order chi connectivity index (χ1) is 10.6. The van der Waals surface area contributed by atoms with E-state index in [1.54, 1.807) is 12.0 Å². The van der Waals surface area contributed by atoms with Gasteiger partial charge in [0.25, 0.3) is 0 Å². The monoisotopic (exact) mass is 306 g/mol. The summed E-state index contributed by atoms with van der Waals surface area (Å²) in [5, 5.41) is 13.8. The number of ether oxygens (including phenoxy) is 1. The van der Waals surface area contributed by atoms with Crippen molar-refractivity contribution < 1.29 is 14.6 Å². The van der Waals surface area contributed by atoms with E-state index in [2.05, 4.69) is 5.32 Å². The minimum absolute atomic E-state index is 0.0347. The van der Waals surface area contributed by atoms with Crippen molar-refractivity contribution in [3.63, 3.8) is 0 Å². The van der Waals surface area contributed by atoms with Crippen LogP contribution in [0, 0.1) is 0 Å². The van der Waals surface area contributed by atoms with Crippen LogP contribution in [0.25, 0.3) is 0 Å². The molecule has 0 bridgehead atoms. The minimum Gasteiger partial charge on any atom is -0.385 e. The summed E-state index contributed by atoms with van der Waals surface area (Å²) in [6.07, 6.45) is 1.96. The molecule has 5 heteroatoms. The van der Waals surface area contributed by atoms with Crippen LogP contribution in [0.1, 0.15) is 31.7 Å². The summed E-state index contributed by atoms with van der Waals surface area (Å²) in [5.41, 5.74) is 0.107. The molecule has 0 radical (unpaired) electrons. The van der Waals surface area contributed by atoms with Crippen LogP contribution < -0.4 is 5.32 Å². The lowest BCUT2D eigenvalue weighted by Crippen LogP contribution is -2.51. The van der Waals surface area contributed by atoms with Crippen LogP contribution in [0.15, 0.2) is 30.3 Å². The molecule has 122 valence electrons. The molecule has 1 atom stereocenters. The fraction of sp³-hybridized carbons (Fsp3) is 0.588. The fourth-order valence-corrected chi connectivity index (χ4v) is 2.85. The van der Waals surface area contributed by atoms with Gasteiger partial charge in [-0.1, -0.05) is 37.3 Å². The van der Waals surface area contributed by atoms with E-state index in [0.717, 1.165) is 12.0 Å². The van der Waals surface area contributed by atoms with E-state index in [1.807, 2.05) is 37.3 Å². The van der Waals surface area contributed by atoms with Crippen molar-refractivity contribution in [3.8, 4) is 0 Å². The highest BCUT2D eigenvalue weighted by molar-refractivity contribution is 5.74. The van der Waals surface area contributed by atoms with Crippen molar-refractivity contribution in [1.29, 1.82) is 0 Å². The average Bonchev–Trinajstić information content (AvgIpc) is 2.55. The number of rotatable bonds is 5. The highest BCUT2D eigenvalue weighted by atomic mass is 16.5. The van der Waals surface area contributed by atoms with Gasteiger partial charge in [0.2, 0.25) is 0 Å². The number of hydrogen-bond donors (Lipinski definition) is 2. The van der Waals surface area contributed by atoms with Crippen molar-refractivity contribution in [3.05, 3.63) is 35.9 Å². The van der Waals surface area contributed by atoms with Crippen molar-refractivity contribution in [2.75, 3.05) is 26.8 Å². The smallest absolute Gasteiger partial charge is 0.317 e. The SMILES string of the molecule is CCC(COC)NC(=O)N1CCC(O)(c2ccccc2)CC1. The Labute approximate surface area is 132 Å². The lowest BCUT2D eigenvalue weighted by molar-refractivity contribution is -0.0172. The van der Waals surface area contributed by atoms with Gasteiger partial charge in [-0.2, -0.15) is 0 Å². The summed E-state index contributed by atoms with van der Waals surface area (Å²) in [7, 11) is 1.63. The molecule has 1 fully saturated rings. The second kappa shape index (κ2) is 7.61. The zero-order valence-electron chi connectivity index (χ0n) is 13.4. The summed E-state index contributed by atoms with van der Waals surface area (Å²) >= 11 is 0. The van der Waals surface area contributed by atoms with Crippen LogP contribution in [0.3, 0.4) is 0 Å². The molecule has 1 aliphatic rings. The van der Waals surface area contributed by atoms with Crippen molar-refractivity contribution in [2.24, 2.45) is 0 Å². The van der Waals surface area contributed by atoms with Gasteiger partial charge >= 0.3 is 6.03 Å². The summed E-state index contributed by atoms with van der Waals surface area (Å²) in [5.74, 6) is 0. The van der Waals surface area contributed by atoms with Crippen molar-refractivity contribution >= 4 is 6.03 Å². The Balaban J connectivity index is 1.90. The number of carbonyl (C=O) groups excluding carboxylic acids is 1. The first-order valence-electron chi connectivity index (χ1n) is 7.91. The molecule has 1 aromatic rings. The molecule has 1 saturated heterocycles. The number of benzene rings is 1. The lowest BCUT2D eigenvalue weighted by atomic mass is 9.84. The maximum Gasteiger partial charge on any atom is 0.317 e. The predicted molar refractivity (Wildman–Crippen MR) is 85.6 cm³/mol. The van der Waals surface area contributed by atoms with Crippen LogP contribution in [0.2, 0.25) is 0 Å². The number of methoxy groups -OCH3 is 1. The van der Waals surface area contributed by atoms with Gasteiger partial charge in [-0.05, 0) is 24.8 Å². The molecule has 1 aromatic carbocycles. The quantitative estimate of drug-likeness (QED) is 0.876. The molecule has 1 aliphatic heterocycles. The third-order valence-corrected chi connectivity index (χ3v) is 4.38. The Morgan fingerprint density at radius 1 is 1.36 bits per heavy atom. The number of aliphatic hydroxyl groups is 1. The van der Waals surface area contributed by atoms with Gasteiger partial charge in [0.15, 0.2) is 0 Å². The maximum absolute atomic E-state index is 12.3. The summed E-state index contributed by atoms with van der Waals surface area (Å²) in [6.45, 7) is 3.65. The second-order valence-corrected chi connectivity index (χ2v) is 5.89. The summed E-state index contributed by atoms with van der Waals surface area (Å²) < 4.78 is 5.10. The molecule has 2 amide bonds. The molecule has 5 nitrogen and oxygen atoms in total. The molecule has 22 heavy (non-hydrogen) atoms. The Bertz CT molecular complexity index is 470. The normalized spacial score (nSPS) is 18.8. The number of carbonyl (C=O) groups is 1. The third kappa shape index (κ3) is 3.99. The summed E-state index contributed by atoms with van der Waals surface area (Å²) in [4.78, 5) is 14.0. The van der Waals surface area contributed by atoms with E-state index in [-0.39, 0.29) is 12.1 Å². The Hall–Kier alpha value is -1.59. The van der Waals surface area contributed by atoms with Gasteiger partial charge in [-0.3, -0.25) is 0 Å². The number of piperidine rings is 1. The molecule has 1 heterocycles. The van der Waals surface area contributed by atoms with E-state index in [1.165, 1.54) is 0 Å². The van der Waals surface area contributed by atoms with Gasteiger partial charge in [-0.25, -0.2) is 4.79 Å². The summed E-state index contributed by atoms with van der Waals surface area (Å²) in [6, 6.07) is 9.66. The maximum atomic E-state index is 12.3. The molecule has 0 saturated carbocycles. The first-order valence-corrected chi connectivity index (χ1v) is 7.91. The van der Waals surface area contributed by atoms with Crippen molar-refractivity contribution in [1.82, 2.24) is 10.2 Å². The predicted octanol–water partition coefficient (Wildman–Crippen LogP) is 2.10. The van der Waals surface area contributed by atoms with E-state index >= 15 is 0 Å². The molecule has 0 aliphatic carbocycles. The van der Waals surface area contributed by atoms with E-state index in [4.69, 9.17) is 4.74 Å². The number of nitrogens with one attached hydrogen (secondary N) is 1. The highest BCUT2D eigenvalue weighted by Gasteiger charge is 2.35. The molecule has 2 N–H and O–H groups in total. The van der Waals surface area contributed by atoms with Crippen LogP contribution in [-0.2, 0) is 10.3 Å². The molecule has 1 unspecified atom stereocenters. The number of hydrogen-bond acceptors (Lipinski definition) is 3. The molecular weight excluding hydrogens is 280 g/mol. The largest absolute Gasteiger partial charge is 0.385 e. The third-order valence-electron chi connectivity index (χ3n) is 4.38. The first kappa shape index (κ1) is 16.8. The zero-order chi connectivity index (χ0) is 16.0. The number of nitrogens with zero attached hydrogens (tertiary/aromatic N) is 1. The van der Waals surface area contributed by atoms with Gasteiger partial charge in [0.1, 0.15) is 0 Å². The minimum atomic E-state index is -0.825.